The fraction of sp³-hybridized carbons (Fsp3) is 0.533. The lowest BCUT2D eigenvalue weighted by atomic mass is 9.96. The summed E-state index contributed by atoms with van der Waals surface area (Å²) >= 11 is 0. The van der Waals surface area contributed by atoms with Gasteiger partial charge in [0.2, 0.25) is 0 Å². The third kappa shape index (κ3) is 6.52. The highest BCUT2D eigenvalue weighted by Gasteiger charge is 2.23. The number of amides is 1. The van der Waals surface area contributed by atoms with Gasteiger partial charge in [-0.2, -0.15) is 0 Å². The van der Waals surface area contributed by atoms with E-state index in [-0.39, 0.29) is 12.4 Å². The van der Waals surface area contributed by atoms with Gasteiger partial charge in [-0.05, 0) is 45.4 Å². The van der Waals surface area contributed by atoms with Gasteiger partial charge in [-0.25, -0.2) is 9.18 Å². The molecule has 0 aliphatic rings. The van der Waals surface area contributed by atoms with Gasteiger partial charge in [0.25, 0.3) is 0 Å². The van der Waals surface area contributed by atoms with Crippen molar-refractivity contribution < 1.29 is 19.0 Å². The van der Waals surface area contributed by atoms with Crippen LogP contribution in [0.25, 0.3) is 0 Å². The highest BCUT2D eigenvalue weighted by atomic mass is 19.1. The minimum Gasteiger partial charge on any atom is -0.444 e. The van der Waals surface area contributed by atoms with Crippen LogP contribution in [0.3, 0.4) is 0 Å². The average Bonchev–Trinajstić information content (AvgIpc) is 2.27. The van der Waals surface area contributed by atoms with E-state index in [1.54, 1.807) is 39.8 Å². The Labute approximate surface area is 119 Å². The number of halogens is 1. The van der Waals surface area contributed by atoms with Crippen molar-refractivity contribution in [2.45, 2.75) is 45.3 Å². The summed E-state index contributed by atoms with van der Waals surface area (Å²) < 4.78 is 17.9. The summed E-state index contributed by atoms with van der Waals surface area (Å²) in [5.41, 5.74) is -0.913. The Hall–Kier alpha value is -1.62. The van der Waals surface area contributed by atoms with E-state index in [2.05, 4.69) is 5.32 Å². The maximum absolute atomic E-state index is 12.8. The van der Waals surface area contributed by atoms with Crippen LogP contribution in [0.2, 0.25) is 0 Å². The first kappa shape index (κ1) is 16.4. The number of rotatable bonds is 4. The monoisotopic (exact) mass is 283 g/mol. The summed E-state index contributed by atoms with van der Waals surface area (Å²) in [5.74, 6) is -0.319. The first-order chi connectivity index (χ1) is 9.07. The van der Waals surface area contributed by atoms with Crippen LogP contribution in [0.5, 0.6) is 0 Å². The van der Waals surface area contributed by atoms with Crippen molar-refractivity contribution in [1.29, 1.82) is 0 Å². The van der Waals surface area contributed by atoms with Crippen LogP contribution in [0.15, 0.2) is 24.3 Å². The number of ether oxygens (including phenoxy) is 1. The van der Waals surface area contributed by atoms with Gasteiger partial charge in [0.15, 0.2) is 0 Å². The zero-order valence-corrected chi connectivity index (χ0v) is 12.4. The summed E-state index contributed by atoms with van der Waals surface area (Å²) in [7, 11) is 0. The Kier molecular flexibility index (Phi) is 5.11. The van der Waals surface area contributed by atoms with E-state index in [4.69, 9.17) is 4.74 Å². The number of carbonyl (C=O) groups excluding carboxylic acids is 1. The van der Waals surface area contributed by atoms with Crippen molar-refractivity contribution in [3.05, 3.63) is 35.6 Å². The van der Waals surface area contributed by atoms with Crippen molar-refractivity contribution >= 4 is 6.09 Å². The molecule has 1 aromatic carbocycles. The van der Waals surface area contributed by atoms with Crippen LogP contribution < -0.4 is 5.32 Å². The number of alkyl carbamates (subject to hydrolysis) is 1. The molecule has 1 unspecified atom stereocenters. The van der Waals surface area contributed by atoms with Crippen molar-refractivity contribution in [3.8, 4) is 0 Å². The molecule has 0 aliphatic carbocycles. The molecule has 0 saturated carbocycles. The molecule has 4 nitrogen and oxygen atoms in total. The molecule has 5 heteroatoms. The lowest BCUT2D eigenvalue weighted by molar-refractivity contribution is 0.0332. The standard InChI is InChI=1S/C15H22FNO3/c1-14(2,3)20-13(18)17-10-15(4,19)9-11-5-7-12(16)8-6-11/h5-8,19H,9-10H2,1-4H3,(H,17,18). The Morgan fingerprint density at radius 2 is 1.80 bits per heavy atom. The molecule has 0 spiro atoms. The second-order valence-corrected chi connectivity index (χ2v) is 6.16. The van der Waals surface area contributed by atoms with E-state index in [1.165, 1.54) is 12.1 Å². The number of nitrogens with one attached hydrogen (secondary N) is 1. The number of carbonyl (C=O) groups is 1. The molecule has 20 heavy (non-hydrogen) atoms. The summed E-state index contributed by atoms with van der Waals surface area (Å²) in [4.78, 5) is 11.5. The zero-order chi connectivity index (χ0) is 15.4. The second kappa shape index (κ2) is 6.22. The van der Waals surface area contributed by atoms with Crippen LogP contribution >= 0.6 is 0 Å². The fourth-order valence-corrected chi connectivity index (χ4v) is 1.68. The van der Waals surface area contributed by atoms with Crippen molar-refractivity contribution in [2.24, 2.45) is 0 Å². The lowest BCUT2D eigenvalue weighted by Crippen LogP contribution is -2.44. The van der Waals surface area contributed by atoms with E-state index in [0.717, 1.165) is 5.56 Å². The Morgan fingerprint density at radius 3 is 2.30 bits per heavy atom. The van der Waals surface area contributed by atoms with Crippen LogP contribution in [0, 0.1) is 5.82 Å². The van der Waals surface area contributed by atoms with Gasteiger partial charge >= 0.3 is 6.09 Å². The predicted molar refractivity (Wildman–Crippen MR) is 75.0 cm³/mol. The van der Waals surface area contributed by atoms with Crippen LogP contribution in [-0.4, -0.2) is 28.9 Å². The minimum absolute atomic E-state index is 0.0549. The van der Waals surface area contributed by atoms with Crippen LogP contribution in [0.1, 0.15) is 33.3 Å². The highest BCUT2D eigenvalue weighted by molar-refractivity contribution is 5.67. The quantitative estimate of drug-likeness (QED) is 0.893. The van der Waals surface area contributed by atoms with Crippen molar-refractivity contribution in [1.82, 2.24) is 5.32 Å². The smallest absolute Gasteiger partial charge is 0.407 e. The molecule has 112 valence electrons. The van der Waals surface area contributed by atoms with Gasteiger partial charge in [-0.1, -0.05) is 12.1 Å². The van der Waals surface area contributed by atoms with Gasteiger partial charge in [0.05, 0.1) is 5.60 Å². The predicted octanol–water partition coefficient (Wildman–Crippen LogP) is 2.64. The zero-order valence-electron chi connectivity index (χ0n) is 12.4. The molecule has 0 aliphatic heterocycles. The summed E-state index contributed by atoms with van der Waals surface area (Å²) in [5, 5.41) is 12.7. The van der Waals surface area contributed by atoms with Gasteiger partial charge in [0, 0.05) is 13.0 Å². The van der Waals surface area contributed by atoms with Crippen LogP contribution in [-0.2, 0) is 11.2 Å². The SMILES string of the molecule is CC(O)(CNC(=O)OC(C)(C)C)Cc1ccc(F)cc1. The number of hydrogen-bond acceptors (Lipinski definition) is 3. The Bertz CT molecular complexity index is 449. The maximum atomic E-state index is 12.8. The molecule has 0 fully saturated rings. The van der Waals surface area contributed by atoms with Crippen molar-refractivity contribution in [3.63, 3.8) is 0 Å². The molecule has 0 aromatic heterocycles. The summed E-state index contributed by atoms with van der Waals surface area (Å²) in [6.45, 7) is 6.96. The molecule has 0 bridgehead atoms. The molecule has 0 radical (unpaired) electrons. The molecule has 1 amide bonds. The van der Waals surface area contributed by atoms with E-state index in [1.807, 2.05) is 0 Å². The highest BCUT2D eigenvalue weighted by Crippen LogP contribution is 2.13. The first-order valence-corrected chi connectivity index (χ1v) is 6.51. The van der Waals surface area contributed by atoms with Gasteiger partial charge < -0.3 is 15.2 Å². The van der Waals surface area contributed by atoms with Gasteiger partial charge in [0.1, 0.15) is 11.4 Å². The second-order valence-electron chi connectivity index (χ2n) is 6.16. The first-order valence-electron chi connectivity index (χ1n) is 6.51. The number of benzene rings is 1. The molecule has 0 saturated heterocycles. The minimum atomic E-state index is -1.13. The largest absolute Gasteiger partial charge is 0.444 e. The fourth-order valence-electron chi connectivity index (χ4n) is 1.68. The normalized spacial score (nSPS) is 14.5. The third-order valence-corrected chi connectivity index (χ3v) is 2.51. The molecular weight excluding hydrogens is 261 g/mol. The Balaban J connectivity index is 2.49. The van der Waals surface area contributed by atoms with E-state index in [0.29, 0.717) is 6.42 Å². The molecule has 1 rings (SSSR count). The molecule has 2 N–H and O–H groups in total. The summed E-state index contributed by atoms with van der Waals surface area (Å²) in [6, 6.07) is 5.90. The Morgan fingerprint density at radius 1 is 1.25 bits per heavy atom. The van der Waals surface area contributed by atoms with E-state index < -0.39 is 17.3 Å². The van der Waals surface area contributed by atoms with Gasteiger partial charge in [-0.3, -0.25) is 0 Å². The lowest BCUT2D eigenvalue weighted by Gasteiger charge is -2.25. The maximum Gasteiger partial charge on any atom is 0.407 e. The van der Waals surface area contributed by atoms with E-state index in [9.17, 15) is 14.3 Å². The molecule has 0 heterocycles. The summed E-state index contributed by atoms with van der Waals surface area (Å²) in [6.07, 6.45) is -0.264. The van der Waals surface area contributed by atoms with Crippen molar-refractivity contribution in [2.75, 3.05) is 6.54 Å². The van der Waals surface area contributed by atoms with Gasteiger partial charge in [-0.15, -0.1) is 0 Å². The average molecular weight is 283 g/mol. The molecule has 1 aromatic rings. The number of hydrogen-bond donors (Lipinski definition) is 2. The van der Waals surface area contributed by atoms with Crippen LogP contribution in [0.4, 0.5) is 9.18 Å². The number of aliphatic hydroxyl groups is 1. The third-order valence-electron chi connectivity index (χ3n) is 2.51. The van der Waals surface area contributed by atoms with E-state index >= 15 is 0 Å². The topological polar surface area (TPSA) is 58.6 Å². The molecule has 1 atom stereocenters. The molecular formula is C15H22FNO3.